The molecule has 0 amide bonds. The number of aromatic nitrogens is 2. The highest BCUT2D eigenvalue weighted by atomic mass is 16.6. The maximum atomic E-state index is 11.2. The quantitative estimate of drug-likeness (QED) is 0.537. The molecule has 0 saturated carbocycles. The minimum absolute atomic E-state index is 0.101. The SMILES string of the molecule is CCNc1nc(C)c([N+](=O)[O-])c(NC(C)(C)C(C)O)n1. The summed E-state index contributed by atoms with van der Waals surface area (Å²) in [6.07, 6.45) is -0.708. The molecule has 0 aromatic carbocycles. The number of hydrogen-bond acceptors (Lipinski definition) is 7. The Balaban J connectivity index is 3.30. The monoisotopic (exact) mass is 283 g/mol. The standard InChI is InChI=1S/C12H21N5O3/c1-6-13-11-14-7(2)9(17(19)20)10(15-11)16-12(4,5)8(3)18/h8,18H,6H2,1-5H3,(H2,13,14,15,16). The maximum Gasteiger partial charge on any atom is 0.332 e. The van der Waals surface area contributed by atoms with E-state index < -0.39 is 16.6 Å². The largest absolute Gasteiger partial charge is 0.391 e. The summed E-state index contributed by atoms with van der Waals surface area (Å²) in [7, 11) is 0. The van der Waals surface area contributed by atoms with Crippen molar-refractivity contribution in [3.63, 3.8) is 0 Å². The van der Waals surface area contributed by atoms with Crippen molar-refractivity contribution in [2.75, 3.05) is 17.2 Å². The molecule has 1 atom stereocenters. The van der Waals surface area contributed by atoms with Crippen LogP contribution in [0.25, 0.3) is 0 Å². The van der Waals surface area contributed by atoms with Crippen LogP contribution in [0.4, 0.5) is 17.5 Å². The lowest BCUT2D eigenvalue weighted by Crippen LogP contribution is -2.42. The van der Waals surface area contributed by atoms with Crippen molar-refractivity contribution in [1.29, 1.82) is 0 Å². The smallest absolute Gasteiger partial charge is 0.332 e. The van der Waals surface area contributed by atoms with Gasteiger partial charge in [0.15, 0.2) is 0 Å². The van der Waals surface area contributed by atoms with Gasteiger partial charge < -0.3 is 15.7 Å². The molecular weight excluding hydrogens is 262 g/mol. The molecule has 1 aromatic rings. The van der Waals surface area contributed by atoms with Crippen molar-refractivity contribution in [2.24, 2.45) is 0 Å². The van der Waals surface area contributed by atoms with E-state index in [1.165, 1.54) is 0 Å². The summed E-state index contributed by atoms with van der Waals surface area (Å²) in [5.41, 5.74) is -0.667. The number of hydrogen-bond donors (Lipinski definition) is 3. The van der Waals surface area contributed by atoms with Crippen molar-refractivity contribution >= 4 is 17.5 Å². The highest BCUT2D eigenvalue weighted by Gasteiger charge is 2.30. The molecule has 3 N–H and O–H groups in total. The van der Waals surface area contributed by atoms with Crippen molar-refractivity contribution in [3.8, 4) is 0 Å². The van der Waals surface area contributed by atoms with E-state index >= 15 is 0 Å². The van der Waals surface area contributed by atoms with Gasteiger partial charge in [0.2, 0.25) is 11.8 Å². The van der Waals surface area contributed by atoms with E-state index in [-0.39, 0.29) is 17.2 Å². The second-order valence-electron chi connectivity index (χ2n) is 5.14. The molecule has 1 heterocycles. The molecule has 1 rings (SSSR count). The Morgan fingerprint density at radius 1 is 1.45 bits per heavy atom. The van der Waals surface area contributed by atoms with E-state index in [4.69, 9.17) is 0 Å². The predicted molar refractivity (Wildman–Crippen MR) is 77.0 cm³/mol. The zero-order chi connectivity index (χ0) is 15.5. The lowest BCUT2D eigenvalue weighted by atomic mass is 9.99. The highest BCUT2D eigenvalue weighted by molar-refractivity contribution is 5.61. The number of anilines is 2. The molecule has 20 heavy (non-hydrogen) atoms. The first-order valence-electron chi connectivity index (χ1n) is 6.42. The van der Waals surface area contributed by atoms with Crippen LogP contribution >= 0.6 is 0 Å². The minimum Gasteiger partial charge on any atom is -0.391 e. The molecule has 8 nitrogen and oxygen atoms in total. The lowest BCUT2D eigenvalue weighted by Gasteiger charge is -2.29. The zero-order valence-electron chi connectivity index (χ0n) is 12.4. The van der Waals surface area contributed by atoms with Gasteiger partial charge in [-0.05, 0) is 34.6 Å². The maximum absolute atomic E-state index is 11.2. The van der Waals surface area contributed by atoms with Crippen LogP contribution in [-0.4, -0.2) is 38.2 Å². The highest BCUT2D eigenvalue weighted by Crippen LogP contribution is 2.29. The van der Waals surface area contributed by atoms with E-state index in [1.807, 2.05) is 6.92 Å². The fourth-order valence-electron chi connectivity index (χ4n) is 1.52. The van der Waals surface area contributed by atoms with Gasteiger partial charge in [-0.3, -0.25) is 10.1 Å². The number of nitro groups is 1. The fourth-order valence-corrected chi connectivity index (χ4v) is 1.52. The van der Waals surface area contributed by atoms with Gasteiger partial charge in [-0.15, -0.1) is 0 Å². The molecule has 8 heteroatoms. The van der Waals surface area contributed by atoms with Crippen LogP contribution in [0.2, 0.25) is 0 Å². The number of nitrogens with zero attached hydrogens (tertiary/aromatic N) is 3. The molecule has 0 saturated heterocycles. The first-order valence-corrected chi connectivity index (χ1v) is 6.42. The average molecular weight is 283 g/mol. The van der Waals surface area contributed by atoms with Gasteiger partial charge in [-0.1, -0.05) is 0 Å². The normalized spacial score (nSPS) is 12.9. The molecule has 0 bridgehead atoms. The number of nitrogens with one attached hydrogen (secondary N) is 2. The first-order chi connectivity index (χ1) is 9.19. The van der Waals surface area contributed by atoms with Crippen LogP contribution in [-0.2, 0) is 0 Å². The summed E-state index contributed by atoms with van der Waals surface area (Å²) < 4.78 is 0. The first kappa shape index (κ1) is 16.1. The summed E-state index contributed by atoms with van der Waals surface area (Å²) in [6.45, 7) is 9.14. The van der Waals surface area contributed by atoms with Crippen LogP contribution in [0.5, 0.6) is 0 Å². The molecule has 0 aliphatic heterocycles. The van der Waals surface area contributed by atoms with Crippen LogP contribution in [0, 0.1) is 17.0 Å². The topological polar surface area (TPSA) is 113 Å². The zero-order valence-corrected chi connectivity index (χ0v) is 12.4. The second-order valence-corrected chi connectivity index (χ2v) is 5.14. The Hall–Kier alpha value is -1.96. The molecule has 0 fully saturated rings. The summed E-state index contributed by atoms with van der Waals surface area (Å²) in [5.74, 6) is 0.420. The summed E-state index contributed by atoms with van der Waals surface area (Å²) in [4.78, 5) is 18.8. The van der Waals surface area contributed by atoms with Crippen LogP contribution < -0.4 is 10.6 Å². The van der Waals surface area contributed by atoms with E-state index in [2.05, 4.69) is 20.6 Å². The van der Waals surface area contributed by atoms with Crippen molar-refractivity contribution < 1.29 is 10.0 Å². The van der Waals surface area contributed by atoms with Gasteiger partial charge in [0, 0.05) is 6.54 Å². The van der Waals surface area contributed by atoms with E-state index in [0.717, 1.165) is 0 Å². The molecule has 0 aliphatic carbocycles. The molecular formula is C12H21N5O3. The summed E-state index contributed by atoms with van der Waals surface area (Å²) in [5, 5.41) is 26.7. The number of rotatable bonds is 6. The third-order valence-electron chi connectivity index (χ3n) is 3.06. The molecule has 1 unspecified atom stereocenters. The predicted octanol–water partition coefficient (Wildman–Crippen LogP) is 1.70. The van der Waals surface area contributed by atoms with Gasteiger partial charge in [0.05, 0.1) is 16.6 Å². The molecule has 0 spiro atoms. The fraction of sp³-hybridized carbons (Fsp3) is 0.667. The Morgan fingerprint density at radius 2 is 2.05 bits per heavy atom. The van der Waals surface area contributed by atoms with Gasteiger partial charge in [0.1, 0.15) is 5.69 Å². The Labute approximate surface area is 117 Å². The van der Waals surface area contributed by atoms with E-state index in [1.54, 1.807) is 27.7 Å². The molecule has 1 aromatic heterocycles. The Morgan fingerprint density at radius 3 is 2.50 bits per heavy atom. The molecule has 0 radical (unpaired) electrons. The lowest BCUT2D eigenvalue weighted by molar-refractivity contribution is -0.385. The van der Waals surface area contributed by atoms with Gasteiger partial charge in [-0.2, -0.15) is 4.98 Å². The van der Waals surface area contributed by atoms with E-state index in [0.29, 0.717) is 12.5 Å². The number of aliphatic hydroxyl groups is 1. The molecule has 112 valence electrons. The van der Waals surface area contributed by atoms with Crippen molar-refractivity contribution in [1.82, 2.24) is 9.97 Å². The third-order valence-corrected chi connectivity index (χ3v) is 3.06. The van der Waals surface area contributed by atoms with Gasteiger partial charge in [0.25, 0.3) is 0 Å². The van der Waals surface area contributed by atoms with Crippen LogP contribution in [0.1, 0.15) is 33.4 Å². The third kappa shape index (κ3) is 3.53. The number of aliphatic hydroxyl groups excluding tert-OH is 1. The second kappa shape index (κ2) is 6.00. The Kier molecular flexibility index (Phi) is 4.83. The van der Waals surface area contributed by atoms with Gasteiger partial charge >= 0.3 is 5.69 Å². The Bertz CT molecular complexity index is 502. The van der Waals surface area contributed by atoms with Crippen molar-refractivity contribution in [2.45, 2.75) is 46.3 Å². The van der Waals surface area contributed by atoms with Crippen LogP contribution in [0.15, 0.2) is 0 Å². The van der Waals surface area contributed by atoms with Gasteiger partial charge in [-0.25, -0.2) is 4.98 Å². The van der Waals surface area contributed by atoms with Crippen LogP contribution in [0.3, 0.4) is 0 Å². The minimum atomic E-state index is -0.755. The summed E-state index contributed by atoms with van der Waals surface area (Å²) in [6, 6.07) is 0. The number of aryl methyl sites for hydroxylation is 1. The van der Waals surface area contributed by atoms with Crippen molar-refractivity contribution in [3.05, 3.63) is 15.8 Å². The molecule has 0 aliphatic rings. The summed E-state index contributed by atoms with van der Waals surface area (Å²) >= 11 is 0. The van der Waals surface area contributed by atoms with E-state index in [9.17, 15) is 15.2 Å². The average Bonchev–Trinajstić information content (AvgIpc) is 2.27.